The predicted octanol–water partition coefficient (Wildman–Crippen LogP) is 2.22. The Morgan fingerprint density at radius 3 is 2.70 bits per heavy atom. The maximum absolute atomic E-state index is 12.5. The first-order chi connectivity index (χ1) is 11.2. The minimum absolute atomic E-state index is 0.0378. The largest absolute Gasteiger partial charge is 0.481 e. The Bertz CT molecular complexity index is 701. The van der Waals surface area contributed by atoms with Gasteiger partial charge in [-0.05, 0) is 24.6 Å². The van der Waals surface area contributed by atoms with Gasteiger partial charge in [-0.1, -0.05) is 18.2 Å². The van der Waals surface area contributed by atoms with Crippen molar-refractivity contribution in [3.05, 3.63) is 48.7 Å². The number of nitrogens with zero attached hydrogens (tertiary/aromatic N) is 2. The molecule has 0 radical (unpaired) electrons. The fourth-order valence-electron chi connectivity index (χ4n) is 2.64. The van der Waals surface area contributed by atoms with Crippen LogP contribution in [0.4, 0.5) is 11.4 Å². The second-order valence-corrected chi connectivity index (χ2v) is 5.23. The molecule has 1 unspecified atom stereocenters. The van der Waals surface area contributed by atoms with E-state index in [9.17, 15) is 9.59 Å². The van der Waals surface area contributed by atoms with E-state index in [2.05, 4.69) is 10.3 Å². The molecule has 2 amide bonds. The molecule has 1 atom stereocenters. The van der Waals surface area contributed by atoms with Crippen LogP contribution in [-0.2, 0) is 9.59 Å². The van der Waals surface area contributed by atoms with E-state index < -0.39 is 6.04 Å². The van der Waals surface area contributed by atoms with Gasteiger partial charge in [0, 0.05) is 18.2 Å². The van der Waals surface area contributed by atoms with E-state index in [0.717, 1.165) is 5.69 Å². The van der Waals surface area contributed by atoms with Gasteiger partial charge in [-0.2, -0.15) is 0 Å². The molecule has 1 fully saturated rings. The zero-order valence-corrected chi connectivity index (χ0v) is 12.7. The maximum Gasteiger partial charge on any atom is 0.247 e. The molecule has 2 heterocycles. The number of hydrogen-bond donors (Lipinski definition) is 1. The first-order valence-electron chi connectivity index (χ1n) is 7.37. The van der Waals surface area contributed by atoms with Crippen molar-refractivity contribution in [1.82, 2.24) is 4.98 Å². The van der Waals surface area contributed by atoms with E-state index in [-0.39, 0.29) is 11.8 Å². The van der Waals surface area contributed by atoms with Crippen LogP contribution in [0.2, 0.25) is 0 Å². The zero-order chi connectivity index (χ0) is 16.2. The normalized spacial score (nSPS) is 17.2. The summed E-state index contributed by atoms with van der Waals surface area (Å²) in [5.41, 5.74) is 1.31. The van der Waals surface area contributed by atoms with Crippen LogP contribution < -0.4 is 15.0 Å². The summed E-state index contributed by atoms with van der Waals surface area (Å²) in [6.45, 7) is 0. The Morgan fingerprint density at radius 2 is 2.04 bits per heavy atom. The third kappa shape index (κ3) is 3.15. The topological polar surface area (TPSA) is 71.5 Å². The van der Waals surface area contributed by atoms with E-state index >= 15 is 0 Å². The van der Waals surface area contributed by atoms with Crippen molar-refractivity contribution in [2.75, 3.05) is 17.3 Å². The lowest BCUT2D eigenvalue weighted by molar-refractivity contribution is -0.120. The molecule has 118 valence electrons. The molecule has 0 bridgehead atoms. The number of rotatable bonds is 4. The number of aromatic nitrogens is 1. The Hall–Kier alpha value is -2.89. The molecule has 1 aliphatic rings. The Labute approximate surface area is 134 Å². The van der Waals surface area contributed by atoms with Gasteiger partial charge in [0.15, 0.2) is 0 Å². The molecular formula is C17H17N3O3. The van der Waals surface area contributed by atoms with E-state index in [0.29, 0.717) is 24.4 Å². The van der Waals surface area contributed by atoms with Crippen molar-refractivity contribution in [1.29, 1.82) is 0 Å². The van der Waals surface area contributed by atoms with Gasteiger partial charge >= 0.3 is 0 Å². The van der Waals surface area contributed by atoms with Crippen molar-refractivity contribution < 1.29 is 14.3 Å². The van der Waals surface area contributed by atoms with E-state index in [1.165, 1.54) is 13.3 Å². The maximum atomic E-state index is 12.5. The number of carbonyl (C=O) groups excluding carboxylic acids is 2. The Kier molecular flexibility index (Phi) is 4.23. The fraction of sp³-hybridized carbons (Fsp3) is 0.235. The SMILES string of the molecule is COc1ccc(NC(=O)C2CCC(=O)N2c2ccccc2)cn1. The predicted molar refractivity (Wildman–Crippen MR) is 86.4 cm³/mol. The van der Waals surface area contributed by atoms with Crippen LogP contribution in [0.1, 0.15) is 12.8 Å². The lowest BCUT2D eigenvalue weighted by Gasteiger charge is -2.24. The summed E-state index contributed by atoms with van der Waals surface area (Å²) in [5.74, 6) is 0.223. The molecule has 0 saturated carbocycles. The number of hydrogen-bond acceptors (Lipinski definition) is 4. The molecule has 6 heteroatoms. The van der Waals surface area contributed by atoms with Gasteiger partial charge in [0.25, 0.3) is 0 Å². The second kappa shape index (κ2) is 6.48. The zero-order valence-electron chi connectivity index (χ0n) is 12.7. The highest BCUT2D eigenvalue weighted by atomic mass is 16.5. The molecule has 0 aliphatic carbocycles. The summed E-state index contributed by atoms with van der Waals surface area (Å²) in [5, 5.41) is 2.80. The van der Waals surface area contributed by atoms with Crippen LogP contribution in [0.3, 0.4) is 0 Å². The van der Waals surface area contributed by atoms with Crippen LogP contribution in [0, 0.1) is 0 Å². The lowest BCUT2D eigenvalue weighted by Crippen LogP contribution is -2.41. The quantitative estimate of drug-likeness (QED) is 0.940. The van der Waals surface area contributed by atoms with Gasteiger partial charge in [0.1, 0.15) is 6.04 Å². The number of para-hydroxylation sites is 1. The highest BCUT2D eigenvalue weighted by Crippen LogP contribution is 2.27. The van der Waals surface area contributed by atoms with E-state index in [4.69, 9.17) is 4.74 Å². The van der Waals surface area contributed by atoms with Crippen LogP contribution in [0.5, 0.6) is 5.88 Å². The number of nitrogens with one attached hydrogen (secondary N) is 1. The average molecular weight is 311 g/mol. The average Bonchev–Trinajstić information content (AvgIpc) is 2.98. The summed E-state index contributed by atoms with van der Waals surface area (Å²) in [6.07, 6.45) is 2.40. The molecule has 1 aliphatic heterocycles. The third-order valence-electron chi connectivity index (χ3n) is 3.76. The Balaban J connectivity index is 1.76. The minimum atomic E-state index is -0.507. The summed E-state index contributed by atoms with van der Waals surface area (Å²) >= 11 is 0. The van der Waals surface area contributed by atoms with Crippen molar-refractivity contribution in [3.63, 3.8) is 0 Å². The summed E-state index contributed by atoms with van der Waals surface area (Å²) < 4.78 is 4.99. The number of carbonyl (C=O) groups is 2. The number of methoxy groups -OCH3 is 1. The molecule has 1 saturated heterocycles. The second-order valence-electron chi connectivity index (χ2n) is 5.23. The van der Waals surface area contributed by atoms with Crippen molar-refractivity contribution in [2.24, 2.45) is 0 Å². The molecule has 0 spiro atoms. The van der Waals surface area contributed by atoms with E-state index in [1.54, 1.807) is 17.0 Å². The van der Waals surface area contributed by atoms with Crippen LogP contribution in [-0.4, -0.2) is 29.9 Å². The van der Waals surface area contributed by atoms with Gasteiger partial charge in [0.05, 0.1) is 19.0 Å². The van der Waals surface area contributed by atoms with Crippen molar-refractivity contribution in [2.45, 2.75) is 18.9 Å². The third-order valence-corrected chi connectivity index (χ3v) is 3.76. The number of benzene rings is 1. The molecule has 23 heavy (non-hydrogen) atoms. The smallest absolute Gasteiger partial charge is 0.247 e. The fourth-order valence-corrected chi connectivity index (χ4v) is 2.64. The molecule has 1 aromatic carbocycles. The van der Waals surface area contributed by atoms with Crippen molar-refractivity contribution in [3.8, 4) is 5.88 Å². The number of anilines is 2. The number of amides is 2. The van der Waals surface area contributed by atoms with Crippen molar-refractivity contribution >= 4 is 23.2 Å². The molecule has 6 nitrogen and oxygen atoms in total. The molecular weight excluding hydrogens is 294 g/mol. The monoisotopic (exact) mass is 311 g/mol. The first-order valence-corrected chi connectivity index (χ1v) is 7.37. The summed E-state index contributed by atoms with van der Waals surface area (Å²) in [4.78, 5) is 30.3. The van der Waals surface area contributed by atoms with Gasteiger partial charge in [0.2, 0.25) is 17.7 Å². The molecule has 2 aromatic rings. The minimum Gasteiger partial charge on any atom is -0.481 e. The summed E-state index contributed by atoms with van der Waals surface area (Å²) in [6, 6.07) is 12.1. The van der Waals surface area contributed by atoms with Crippen LogP contribution in [0.15, 0.2) is 48.7 Å². The molecule has 1 aromatic heterocycles. The highest BCUT2D eigenvalue weighted by Gasteiger charge is 2.37. The van der Waals surface area contributed by atoms with Crippen LogP contribution >= 0.6 is 0 Å². The van der Waals surface area contributed by atoms with Gasteiger partial charge in [-0.25, -0.2) is 4.98 Å². The number of pyridine rings is 1. The Morgan fingerprint density at radius 1 is 1.26 bits per heavy atom. The lowest BCUT2D eigenvalue weighted by atomic mass is 10.2. The summed E-state index contributed by atoms with van der Waals surface area (Å²) in [7, 11) is 1.53. The first kappa shape index (κ1) is 15.0. The molecule has 1 N–H and O–H groups in total. The van der Waals surface area contributed by atoms with Gasteiger partial charge in [-0.15, -0.1) is 0 Å². The standard InChI is InChI=1S/C17H17N3O3/c1-23-15-9-7-12(11-18-15)19-17(22)14-8-10-16(21)20(14)13-5-3-2-4-6-13/h2-7,9,11,14H,8,10H2,1H3,(H,19,22). The molecule has 3 rings (SSSR count). The number of ether oxygens (including phenoxy) is 1. The van der Waals surface area contributed by atoms with Crippen LogP contribution in [0.25, 0.3) is 0 Å². The van der Waals surface area contributed by atoms with Gasteiger partial charge in [-0.3, -0.25) is 14.5 Å². The van der Waals surface area contributed by atoms with E-state index in [1.807, 2.05) is 30.3 Å². The highest BCUT2D eigenvalue weighted by molar-refractivity contribution is 6.07. The van der Waals surface area contributed by atoms with Gasteiger partial charge < -0.3 is 10.1 Å².